The molecular formula is C36H37BrN4O6S. The summed E-state index contributed by atoms with van der Waals surface area (Å²) in [5.74, 6) is -0.908. The van der Waals surface area contributed by atoms with Crippen molar-refractivity contribution < 1.29 is 22.9 Å². The summed E-state index contributed by atoms with van der Waals surface area (Å²) in [6, 6.07) is 28.5. The molecule has 48 heavy (non-hydrogen) atoms. The van der Waals surface area contributed by atoms with E-state index in [1.165, 1.54) is 41.3 Å². The number of rotatable bonds is 13. The maximum atomic E-state index is 14.6. The van der Waals surface area contributed by atoms with Gasteiger partial charge in [-0.3, -0.25) is 24.0 Å². The molecule has 0 bridgehead atoms. The second kappa shape index (κ2) is 16.0. The number of halogens is 1. The lowest BCUT2D eigenvalue weighted by atomic mass is 9.94. The highest BCUT2D eigenvalue weighted by molar-refractivity contribution is 9.10. The number of nitrogens with one attached hydrogen (secondary N) is 1. The molecule has 10 nitrogen and oxygen atoms in total. The minimum Gasteiger partial charge on any atom is -0.352 e. The SMILES string of the molecule is O=C(NC1CCCCC1)C(Cc1ccccc1)N(Cc1cccc(Br)c1)C(=O)CN(c1ccc([N+](=O)[O-])cc1)S(=O)(=O)c1ccccc1. The van der Waals surface area contributed by atoms with Crippen LogP contribution in [0.1, 0.15) is 43.2 Å². The Morgan fingerprint density at radius 3 is 2.10 bits per heavy atom. The van der Waals surface area contributed by atoms with Crippen molar-refractivity contribution in [2.24, 2.45) is 0 Å². The molecule has 1 fully saturated rings. The second-order valence-corrected chi connectivity index (χ2v) is 14.6. The number of nitro benzene ring substituents is 1. The van der Waals surface area contributed by atoms with Crippen LogP contribution in [0.2, 0.25) is 0 Å². The topological polar surface area (TPSA) is 130 Å². The van der Waals surface area contributed by atoms with E-state index in [1.807, 2.05) is 54.6 Å². The minimum absolute atomic E-state index is 0.0117. The van der Waals surface area contributed by atoms with E-state index in [0.717, 1.165) is 52.0 Å². The van der Waals surface area contributed by atoms with Crippen molar-refractivity contribution in [2.75, 3.05) is 10.8 Å². The van der Waals surface area contributed by atoms with Crippen LogP contribution in [0.25, 0.3) is 0 Å². The molecule has 250 valence electrons. The largest absolute Gasteiger partial charge is 0.352 e. The summed E-state index contributed by atoms with van der Waals surface area (Å²) in [5.41, 5.74) is 1.44. The lowest BCUT2D eigenvalue weighted by Crippen LogP contribution is -2.55. The van der Waals surface area contributed by atoms with Gasteiger partial charge in [-0.2, -0.15) is 0 Å². The van der Waals surface area contributed by atoms with Gasteiger partial charge in [-0.15, -0.1) is 0 Å². The zero-order valence-electron chi connectivity index (χ0n) is 26.3. The molecule has 0 spiro atoms. The number of hydrogen-bond donors (Lipinski definition) is 1. The number of benzene rings is 4. The van der Waals surface area contributed by atoms with Crippen molar-refractivity contribution >= 4 is 49.1 Å². The molecule has 1 aliphatic rings. The van der Waals surface area contributed by atoms with Crippen LogP contribution in [0.15, 0.2) is 119 Å². The normalized spacial score (nSPS) is 14.1. The van der Waals surface area contributed by atoms with Gasteiger partial charge < -0.3 is 10.2 Å². The number of nitro groups is 1. The number of sulfonamides is 1. The van der Waals surface area contributed by atoms with E-state index in [1.54, 1.807) is 18.2 Å². The molecule has 1 atom stereocenters. The summed E-state index contributed by atoms with van der Waals surface area (Å²) in [7, 11) is -4.31. The number of non-ortho nitro benzene ring substituents is 1. The molecule has 1 saturated carbocycles. The van der Waals surface area contributed by atoms with E-state index in [4.69, 9.17) is 0 Å². The first-order chi connectivity index (χ1) is 23.1. The van der Waals surface area contributed by atoms with E-state index < -0.39 is 33.4 Å². The maximum absolute atomic E-state index is 14.6. The molecule has 0 heterocycles. The summed E-state index contributed by atoms with van der Waals surface area (Å²) >= 11 is 3.50. The van der Waals surface area contributed by atoms with E-state index in [9.17, 15) is 28.1 Å². The first-order valence-corrected chi connectivity index (χ1v) is 18.1. The third-order valence-electron chi connectivity index (χ3n) is 8.42. The highest BCUT2D eigenvalue weighted by atomic mass is 79.9. The molecule has 5 rings (SSSR count). The van der Waals surface area contributed by atoms with Gasteiger partial charge in [-0.1, -0.05) is 95.9 Å². The van der Waals surface area contributed by atoms with Gasteiger partial charge in [0.05, 0.1) is 15.5 Å². The fourth-order valence-corrected chi connectivity index (χ4v) is 7.80. The molecule has 1 unspecified atom stereocenters. The van der Waals surface area contributed by atoms with Crippen molar-refractivity contribution in [3.8, 4) is 0 Å². The summed E-state index contributed by atoms with van der Waals surface area (Å²) in [6.07, 6.45) is 5.05. The Kier molecular flexibility index (Phi) is 11.6. The molecule has 0 aromatic heterocycles. The summed E-state index contributed by atoms with van der Waals surface area (Å²) in [6.45, 7) is -0.613. The smallest absolute Gasteiger partial charge is 0.269 e. The summed E-state index contributed by atoms with van der Waals surface area (Å²) in [5, 5.41) is 14.6. The number of hydrogen-bond acceptors (Lipinski definition) is 6. The van der Waals surface area contributed by atoms with Crippen molar-refractivity contribution in [1.82, 2.24) is 10.2 Å². The molecule has 0 aliphatic heterocycles. The van der Waals surface area contributed by atoms with Crippen LogP contribution in [0.4, 0.5) is 11.4 Å². The van der Waals surface area contributed by atoms with E-state index in [-0.39, 0.29) is 41.2 Å². The second-order valence-electron chi connectivity index (χ2n) is 11.8. The minimum atomic E-state index is -4.31. The molecule has 4 aromatic carbocycles. The van der Waals surface area contributed by atoms with Crippen LogP contribution >= 0.6 is 15.9 Å². The first kappa shape index (κ1) is 34.8. The summed E-state index contributed by atoms with van der Waals surface area (Å²) < 4.78 is 29.9. The van der Waals surface area contributed by atoms with Gasteiger partial charge in [0.15, 0.2) is 0 Å². The van der Waals surface area contributed by atoms with Crippen molar-refractivity contribution in [3.63, 3.8) is 0 Å². The van der Waals surface area contributed by atoms with Crippen LogP contribution in [-0.2, 0) is 32.6 Å². The Hall–Kier alpha value is -4.55. The van der Waals surface area contributed by atoms with Crippen molar-refractivity contribution in [3.05, 3.63) is 135 Å². The average Bonchev–Trinajstić information content (AvgIpc) is 3.10. The van der Waals surface area contributed by atoms with Crippen LogP contribution < -0.4 is 9.62 Å². The third-order valence-corrected chi connectivity index (χ3v) is 10.7. The predicted octanol–water partition coefficient (Wildman–Crippen LogP) is 6.64. The van der Waals surface area contributed by atoms with Crippen molar-refractivity contribution in [1.29, 1.82) is 0 Å². The van der Waals surface area contributed by atoms with Gasteiger partial charge in [0.2, 0.25) is 11.8 Å². The van der Waals surface area contributed by atoms with Gasteiger partial charge in [0.1, 0.15) is 12.6 Å². The number of amides is 2. The molecule has 0 radical (unpaired) electrons. The number of anilines is 1. The van der Waals surface area contributed by atoms with E-state index in [2.05, 4.69) is 21.2 Å². The Balaban J connectivity index is 1.57. The van der Waals surface area contributed by atoms with Crippen LogP contribution in [-0.4, -0.2) is 48.7 Å². The lowest BCUT2D eigenvalue weighted by Gasteiger charge is -2.35. The maximum Gasteiger partial charge on any atom is 0.269 e. The monoisotopic (exact) mass is 732 g/mol. The standard InChI is InChI=1S/C36H37BrN4O6S/c37-29-14-10-13-28(23-29)25-39(34(24-27-11-4-1-5-12-27)36(43)38-30-15-6-2-7-16-30)35(42)26-40(31-19-21-32(22-20-31)41(44)45)48(46,47)33-17-8-3-9-18-33/h1,3-5,8-14,17-23,30,34H,2,6-7,15-16,24-26H2,(H,38,43). The average molecular weight is 734 g/mol. The molecule has 1 aliphatic carbocycles. The van der Waals surface area contributed by atoms with Gasteiger partial charge in [-0.05, 0) is 60.4 Å². The number of carbonyl (C=O) groups is 2. The Morgan fingerprint density at radius 1 is 0.854 bits per heavy atom. The quantitative estimate of drug-likeness (QED) is 0.121. The molecular weight excluding hydrogens is 696 g/mol. The highest BCUT2D eigenvalue weighted by Gasteiger charge is 2.35. The molecule has 0 saturated heterocycles. The number of nitrogens with zero attached hydrogens (tertiary/aromatic N) is 3. The fraction of sp³-hybridized carbons (Fsp3) is 0.278. The molecule has 1 N–H and O–H groups in total. The Morgan fingerprint density at radius 2 is 1.48 bits per heavy atom. The molecule has 4 aromatic rings. The summed E-state index contributed by atoms with van der Waals surface area (Å²) in [4.78, 5) is 41.0. The highest BCUT2D eigenvalue weighted by Crippen LogP contribution is 2.27. The van der Waals surface area contributed by atoms with Gasteiger partial charge >= 0.3 is 0 Å². The van der Waals surface area contributed by atoms with Crippen LogP contribution in [0.3, 0.4) is 0 Å². The van der Waals surface area contributed by atoms with Gasteiger partial charge in [-0.25, -0.2) is 8.42 Å². The van der Waals surface area contributed by atoms with Crippen LogP contribution in [0.5, 0.6) is 0 Å². The third kappa shape index (κ3) is 8.87. The van der Waals surface area contributed by atoms with Gasteiger partial charge in [0, 0.05) is 35.6 Å². The lowest BCUT2D eigenvalue weighted by molar-refractivity contribution is -0.384. The first-order valence-electron chi connectivity index (χ1n) is 15.8. The number of carbonyl (C=O) groups excluding carboxylic acids is 2. The zero-order valence-corrected chi connectivity index (χ0v) is 28.7. The van der Waals surface area contributed by atoms with E-state index in [0.29, 0.717) is 0 Å². The predicted molar refractivity (Wildman–Crippen MR) is 188 cm³/mol. The van der Waals surface area contributed by atoms with E-state index >= 15 is 0 Å². The molecule has 2 amide bonds. The Labute approximate surface area is 289 Å². The fourth-order valence-electron chi connectivity index (χ4n) is 5.92. The van der Waals surface area contributed by atoms with Gasteiger partial charge in [0.25, 0.3) is 15.7 Å². The van der Waals surface area contributed by atoms with Crippen LogP contribution in [0, 0.1) is 10.1 Å². The van der Waals surface area contributed by atoms with Crippen molar-refractivity contribution in [2.45, 2.75) is 62.0 Å². The zero-order chi connectivity index (χ0) is 34.1. The molecule has 12 heteroatoms. The Bertz CT molecular complexity index is 1820.